The van der Waals surface area contributed by atoms with Crippen LogP contribution >= 0.6 is 11.6 Å². The summed E-state index contributed by atoms with van der Waals surface area (Å²) in [5.41, 5.74) is 0. The minimum atomic E-state index is -4.45. The van der Waals surface area contributed by atoms with E-state index in [-0.39, 0.29) is 34.5 Å². The molecule has 0 amide bonds. The Kier molecular flexibility index (Phi) is 4.40. The Morgan fingerprint density at radius 3 is 2.12 bits per heavy atom. The molecule has 0 atom stereocenters. The molecule has 2 aromatic carbocycles. The molecular weight excluding hydrogens is 259 g/mol. The van der Waals surface area contributed by atoms with Crippen molar-refractivity contribution in [2.75, 3.05) is 0 Å². The predicted molar refractivity (Wildman–Crippen MR) is 56.9 cm³/mol. The zero-order valence-corrected chi connectivity index (χ0v) is 12.0. The summed E-state index contributed by atoms with van der Waals surface area (Å²) in [7, 11) is -4.45. The summed E-state index contributed by atoms with van der Waals surface area (Å²) in [6, 6.07) is 9.27. The minimum absolute atomic E-state index is 0. The van der Waals surface area contributed by atoms with Crippen LogP contribution in [0.1, 0.15) is 0 Å². The first-order chi connectivity index (χ1) is 7.00. The summed E-state index contributed by atoms with van der Waals surface area (Å²) >= 11 is 5.88. The van der Waals surface area contributed by atoms with E-state index in [0.717, 1.165) is 0 Å². The third kappa shape index (κ3) is 2.59. The van der Waals surface area contributed by atoms with Crippen LogP contribution < -0.4 is 29.6 Å². The Balaban J connectivity index is 0.00000128. The molecule has 6 heteroatoms. The monoisotopic (exact) mass is 264 g/mol. The molecule has 0 N–H and O–H groups in total. The van der Waals surface area contributed by atoms with Crippen molar-refractivity contribution < 1.29 is 42.5 Å². The van der Waals surface area contributed by atoms with Crippen LogP contribution in [0.15, 0.2) is 41.3 Å². The fourth-order valence-electron chi connectivity index (χ4n) is 1.45. The van der Waals surface area contributed by atoms with Gasteiger partial charge in [0.15, 0.2) is 0 Å². The van der Waals surface area contributed by atoms with Crippen molar-refractivity contribution in [1.29, 1.82) is 0 Å². The van der Waals surface area contributed by atoms with Gasteiger partial charge in [-0.15, -0.1) is 0 Å². The van der Waals surface area contributed by atoms with E-state index in [0.29, 0.717) is 15.8 Å². The SMILES string of the molecule is O=S(=O)([O-])c1ccc(Cl)c2ccccc12.[Na+]. The van der Waals surface area contributed by atoms with Crippen molar-refractivity contribution in [2.45, 2.75) is 4.90 Å². The summed E-state index contributed by atoms with van der Waals surface area (Å²) < 4.78 is 32.9. The van der Waals surface area contributed by atoms with Crippen LogP contribution in [0.4, 0.5) is 0 Å². The summed E-state index contributed by atoms with van der Waals surface area (Å²) in [4.78, 5) is -0.234. The van der Waals surface area contributed by atoms with Crippen LogP contribution in [0.2, 0.25) is 5.02 Å². The molecule has 0 bridgehead atoms. The second-order valence-corrected chi connectivity index (χ2v) is 4.80. The molecule has 0 spiro atoms. The Bertz CT molecular complexity index is 625. The smallest absolute Gasteiger partial charge is 0.744 e. The van der Waals surface area contributed by atoms with Crippen LogP contribution in [0.3, 0.4) is 0 Å². The molecule has 0 aromatic heterocycles. The zero-order chi connectivity index (χ0) is 11.1. The minimum Gasteiger partial charge on any atom is -0.744 e. The topological polar surface area (TPSA) is 57.2 Å². The van der Waals surface area contributed by atoms with Crippen LogP contribution in [0.5, 0.6) is 0 Å². The third-order valence-electron chi connectivity index (χ3n) is 2.10. The van der Waals surface area contributed by atoms with Crippen molar-refractivity contribution >= 4 is 32.5 Å². The van der Waals surface area contributed by atoms with Crippen molar-refractivity contribution in [3.8, 4) is 0 Å². The normalized spacial score (nSPS) is 11.1. The van der Waals surface area contributed by atoms with Gasteiger partial charge in [0.05, 0.1) is 4.90 Å². The van der Waals surface area contributed by atoms with Gasteiger partial charge in [-0.3, -0.25) is 0 Å². The molecule has 0 aliphatic rings. The van der Waals surface area contributed by atoms with Gasteiger partial charge in [-0.1, -0.05) is 35.9 Å². The molecule has 78 valence electrons. The van der Waals surface area contributed by atoms with Crippen LogP contribution in [0, 0.1) is 0 Å². The quantitative estimate of drug-likeness (QED) is 0.511. The molecule has 3 nitrogen and oxygen atoms in total. The maximum Gasteiger partial charge on any atom is 1.00 e. The van der Waals surface area contributed by atoms with Gasteiger partial charge in [0, 0.05) is 15.8 Å². The van der Waals surface area contributed by atoms with E-state index >= 15 is 0 Å². The Morgan fingerprint density at radius 2 is 1.56 bits per heavy atom. The average Bonchev–Trinajstić information content (AvgIpc) is 2.17. The molecule has 0 aliphatic carbocycles. The van der Waals surface area contributed by atoms with Gasteiger partial charge in [-0.05, 0) is 12.1 Å². The van der Waals surface area contributed by atoms with Gasteiger partial charge >= 0.3 is 29.6 Å². The number of rotatable bonds is 1. The van der Waals surface area contributed by atoms with Crippen LogP contribution in [-0.4, -0.2) is 13.0 Å². The maximum atomic E-state index is 11.0. The second-order valence-electron chi connectivity index (χ2n) is 3.05. The predicted octanol–water partition coefficient (Wildman–Crippen LogP) is -0.599. The summed E-state index contributed by atoms with van der Waals surface area (Å²) in [6.07, 6.45) is 0. The van der Waals surface area contributed by atoms with E-state index in [1.807, 2.05) is 0 Å². The summed E-state index contributed by atoms with van der Waals surface area (Å²) in [5.74, 6) is 0. The number of hydrogen-bond acceptors (Lipinski definition) is 3. The number of halogens is 1. The molecule has 0 heterocycles. The molecular formula is C10H6ClNaO3S. The van der Waals surface area contributed by atoms with E-state index < -0.39 is 10.1 Å². The standard InChI is InChI=1S/C10H7ClO3S.Na/c11-9-5-6-10(15(12,13)14)8-4-2-1-3-7(8)9;/h1-6H,(H,12,13,14);/q;+1/p-1. The fraction of sp³-hybridized carbons (Fsp3) is 0. The maximum absolute atomic E-state index is 11.0. The molecule has 0 fully saturated rings. The van der Waals surface area contributed by atoms with Crippen LogP contribution in [-0.2, 0) is 10.1 Å². The second kappa shape index (κ2) is 5.04. The Morgan fingerprint density at radius 1 is 1.00 bits per heavy atom. The van der Waals surface area contributed by atoms with E-state index in [1.165, 1.54) is 12.1 Å². The Hall–Kier alpha value is -0.100. The Labute approximate surface area is 120 Å². The van der Waals surface area contributed by atoms with Crippen molar-refractivity contribution in [3.05, 3.63) is 41.4 Å². The van der Waals surface area contributed by atoms with Crippen molar-refractivity contribution in [3.63, 3.8) is 0 Å². The molecule has 0 unspecified atom stereocenters. The molecule has 0 saturated heterocycles. The summed E-state index contributed by atoms with van der Waals surface area (Å²) in [6.45, 7) is 0. The van der Waals surface area contributed by atoms with Gasteiger partial charge in [0.2, 0.25) is 0 Å². The van der Waals surface area contributed by atoms with E-state index in [2.05, 4.69) is 0 Å². The first-order valence-electron chi connectivity index (χ1n) is 4.13. The molecule has 2 rings (SSSR count). The van der Waals surface area contributed by atoms with E-state index in [1.54, 1.807) is 24.3 Å². The van der Waals surface area contributed by atoms with Crippen molar-refractivity contribution in [2.24, 2.45) is 0 Å². The number of fused-ring (bicyclic) bond motifs is 1. The first kappa shape index (κ1) is 14.0. The third-order valence-corrected chi connectivity index (χ3v) is 3.32. The van der Waals surface area contributed by atoms with Gasteiger partial charge < -0.3 is 4.55 Å². The van der Waals surface area contributed by atoms with Gasteiger partial charge in [0.25, 0.3) is 0 Å². The molecule has 2 aromatic rings. The zero-order valence-electron chi connectivity index (χ0n) is 8.48. The largest absolute Gasteiger partial charge is 1.00 e. The van der Waals surface area contributed by atoms with Crippen molar-refractivity contribution in [1.82, 2.24) is 0 Å². The number of hydrogen-bond donors (Lipinski definition) is 0. The van der Waals surface area contributed by atoms with E-state index in [4.69, 9.17) is 11.6 Å². The van der Waals surface area contributed by atoms with Crippen LogP contribution in [0.25, 0.3) is 10.8 Å². The summed E-state index contributed by atoms with van der Waals surface area (Å²) in [5, 5.41) is 1.36. The molecule has 0 aliphatic heterocycles. The molecule has 16 heavy (non-hydrogen) atoms. The average molecular weight is 265 g/mol. The fourth-order valence-corrected chi connectivity index (χ4v) is 2.36. The molecule has 0 radical (unpaired) electrons. The molecule has 0 saturated carbocycles. The first-order valence-corrected chi connectivity index (χ1v) is 5.92. The van der Waals surface area contributed by atoms with Gasteiger partial charge in [-0.2, -0.15) is 0 Å². The van der Waals surface area contributed by atoms with E-state index in [9.17, 15) is 13.0 Å². The van der Waals surface area contributed by atoms with Gasteiger partial charge in [-0.25, -0.2) is 8.42 Å². The van der Waals surface area contributed by atoms with Gasteiger partial charge in [0.1, 0.15) is 10.1 Å². The number of benzene rings is 2.